The van der Waals surface area contributed by atoms with Crippen LogP contribution in [0.5, 0.6) is 0 Å². The molecule has 6 heteroatoms. The summed E-state index contributed by atoms with van der Waals surface area (Å²) in [5.74, 6) is -0.646. The van der Waals surface area contributed by atoms with Crippen molar-refractivity contribution in [2.24, 2.45) is 5.73 Å². The zero-order valence-corrected chi connectivity index (χ0v) is 6.92. The third-order valence-electron chi connectivity index (χ3n) is 1.05. The van der Waals surface area contributed by atoms with Gasteiger partial charge in [-0.3, -0.25) is 14.4 Å². The largest absolute Gasteiger partial charge is 0.368 e. The molecule has 0 aliphatic rings. The number of carbonyl (C=O) groups is 2. The Morgan fingerprint density at radius 1 is 1.50 bits per heavy atom. The molecular formula is C6H13N3O3. The third-order valence-corrected chi connectivity index (χ3v) is 1.05. The summed E-state index contributed by atoms with van der Waals surface area (Å²) >= 11 is 0. The molecule has 0 saturated heterocycles. The number of rotatable bonds is 6. The Bertz CT molecular complexity index is 160. The van der Waals surface area contributed by atoms with Crippen LogP contribution in [-0.4, -0.2) is 32.0 Å². The molecule has 6 nitrogen and oxygen atoms in total. The van der Waals surface area contributed by atoms with Gasteiger partial charge in [0.1, 0.15) is 6.61 Å². The van der Waals surface area contributed by atoms with Crippen molar-refractivity contribution in [3.8, 4) is 0 Å². The van der Waals surface area contributed by atoms with Crippen LogP contribution in [0.3, 0.4) is 0 Å². The zero-order valence-electron chi connectivity index (χ0n) is 6.92. The number of hydrogen-bond donors (Lipinski definition) is 3. The van der Waals surface area contributed by atoms with E-state index in [9.17, 15) is 9.59 Å². The maximum atomic E-state index is 10.6. The summed E-state index contributed by atoms with van der Waals surface area (Å²) in [6, 6.07) is 0. The molecular weight excluding hydrogens is 162 g/mol. The van der Waals surface area contributed by atoms with Gasteiger partial charge in [0, 0.05) is 20.0 Å². The Kier molecular flexibility index (Phi) is 5.94. The van der Waals surface area contributed by atoms with E-state index in [0.29, 0.717) is 13.0 Å². The summed E-state index contributed by atoms with van der Waals surface area (Å²) in [5.41, 5.74) is 7.20. The lowest BCUT2D eigenvalue weighted by molar-refractivity contribution is -0.125. The van der Waals surface area contributed by atoms with Crippen LogP contribution < -0.4 is 16.5 Å². The topological polar surface area (TPSA) is 93.4 Å². The van der Waals surface area contributed by atoms with Crippen molar-refractivity contribution >= 4 is 11.8 Å². The van der Waals surface area contributed by atoms with E-state index in [0.717, 1.165) is 0 Å². The van der Waals surface area contributed by atoms with Gasteiger partial charge in [-0.15, -0.1) is 0 Å². The Balaban J connectivity index is 3.11. The molecule has 0 aliphatic heterocycles. The molecule has 0 saturated carbocycles. The van der Waals surface area contributed by atoms with Crippen molar-refractivity contribution in [2.75, 3.05) is 20.2 Å². The number of amides is 2. The Hall–Kier alpha value is -1.14. The van der Waals surface area contributed by atoms with Crippen molar-refractivity contribution in [1.29, 1.82) is 0 Å². The monoisotopic (exact) mass is 175 g/mol. The van der Waals surface area contributed by atoms with Crippen LogP contribution in [-0.2, 0) is 14.4 Å². The molecule has 0 aliphatic carbocycles. The smallest absolute Gasteiger partial charge is 0.245 e. The fourth-order valence-corrected chi connectivity index (χ4v) is 0.484. The highest BCUT2D eigenvalue weighted by Crippen LogP contribution is 1.75. The molecule has 70 valence electrons. The minimum absolute atomic E-state index is 0.0924. The second kappa shape index (κ2) is 6.56. The van der Waals surface area contributed by atoms with Crippen LogP contribution in [0.2, 0.25) is 0 Å². The molecule has 0 atom stereocenters. The van der Waals surface area contributed by atoms with Crippen LogP contribution in [0.1, 0.15) is 6.42 Å². The van der Waals surface area contributed by atoms with E-state index in [-0.39, 0.29) is 12.5 Å². The van der Waals surface area contributed by atoms with E-state index in [4.69, 9.17) is 5.73 Å². The van der Waals surface area contributed by atoms with Gasteiger partial charge >= 0.3 is 0 Å². The molecule has 0 fully saturated rings. The zero-order chi connectivity index (χ0) is 9.40. The normalized spacial score (nSPS) is 9.42. The number of nitrogens with two attached hydrogens (primary N) is 1. The molecule has 12 heavy (non-hydrogen) atoms. The van der Waals surface area contributed by atoms with E-state index in [2.05, 4.69) is 15.6 Å². The van der Waals surface area contributed by atoms with Gasteiger partial charge in [-0.05, 0) is 0 Å². The van der Waals surface area contributed by atoms with Crippen LogP contribution in [0.4, 0.5) is 0 Å². The van der Waals surface area contributed by atoms with Gasteiger partial charge < -0.3 is 11.1 Å². The van der Waals surface area contributed by atoms with Gasteiger partial charge in [0.2, 0.25) is 11.8 Å². The minimum atomic E-state index is -0.553. The standard InChI is InChI=1S/C6H13N3O3/c1-8-6(11)2-3-9-12-4-5(7)10/h9H,2-4H2,1H3,(H2,7,10)(H,8,11). The van der Waals surface area contributed by atoms with Gasteiger partial charge in [-0.25, -0.2) is 5.48 Å². The average Bonchev–Trinajstić information content (AvgIpc) is 2.03. The fourth-order valence-electron chi connectivity index (χ4n) is 0.484. The number of hydrogen-bond acceptors (Lipinski definition) is 4. The van der Waals surface area contributed by atoms with E-state index in [1.54, 1.807) is 7.05 Å². The molecule has 0 aromatic heterocycles. The lowest BCUT2D eigenvalue weighted by Crippen LogP contribution is -2.28. The highest BCUT2D eigenvalue weighted by atomic mass is 16.6. The van der Waals surface area contributed by atoms with Gasteiger partial charge in [0.15, 0.2) is 0 Å². The Morgan fingerprint density at radius 2 is 2.17 bits per heavy atom. The first-order valence-corrected chi connectivity index (χ1v) is 3.50. The highest BCUT2D eigenvalue weighted by molar-refractivity contribution is 5.75. The van der Waals surface area contributed by atoms with Crippen molar-refractivity contribution < 1.29 is 14.4 Å². The second-order valence-electron chi connectivity index (χ2n) is 2.07. The molecule has 0 bridgehead atoms. The van der Waals surface area contributed by atoms with Crippen molar-refractivity contribution in [3.05, 3.63) is 0 Å². The summed E-state index contributed by atoms with van der Waals surface area (Å²) in [7, 11) is 1.55. The first kappa shape index (κ1) is 10.9. The maximum absolute atomic E-state index is 10.6. The second-order valence-corrected chi connectivity index (χ2v) is 2.07. The van der Waals surface area contributed by atoms with E-state index < -0.39 is 5.91 Å². The molecule has 0 aromatic rings. The SMILES string of the molecule is CNC(=O)CCNOCC(N)=O. The molecule has 0 rings (SSSR count). The lowest BCUT2D eigenvalue weighted by atomic mass is 10.4. The quantitative estimate of drug-likeness (QED) is 0.325. The van der Waals surface area contributed by atoms with Crippen LogP contribution >= 0.6 is 0 Å². The number of primary amides is 1. The van der Waals surface area contributed by atoms with E-state index in [1.807, 2.05) is 0 Å². The van der Waals surface area contributed by atoms with E-state index >= 15 is 0 Å². The summed E-state index contributed by atoms with van der Waals surface area (Å²) in [6.07, 6.45) is 0.301. The molecule has 0 aromatic carbocycles. The number of hydroxylamine groups is 1. The summed E-state index contributed by atoms with van der Waals surface area (Å²) in [5, 5.41) is 2.44. The third kappa shape index (κ3) is 6.97. The summed E-state index contributed by atoms with van der Waals surface area (Å²) in [4.78, 5) is 25.3. The van der Waals surface area contributed by atoms with Crippen molar-refractivity contribution in [2.45, 2.75) is 6.42 Å². The Morgan fingerprint density at radius 3 is 2.67 bits per heavy atom. The molecule has 0 unspecified atom stereocenters. The van der Waals surface area contributed by atoms with Crippen molar-refractivity contribution in [1.82, 2.24) is 10.8 Å². The molecule has 0 spiro atoms. The van der Waals surface area contributed by atoms with Gasteiger partial charge in [-0.2, -0.15) is 0 Å². The summed E-state index contributed by atoms with van der Waals surface area (Å²) in [6.45, 7) is 0.167. The molecule has 0 radical (unpaired) electrons. The Labute approximate surface area is 70.4 Å². The van der Waals surface area contributed by atoms with Crippen LogP contribution in [0.15, 0.2) is 0 Å². The first-order chi connectivity index (χ1) is 5.66. The predicted molar refractivity (Wildman–Crippen MR) is 41.8 cm³/mol. The first-order valence-electron chi connectivity index (χ1n) is 3.50. The van der Waals surface area contributed by atoms with E-state index in [1.165, 1.54) is 0 Å². The summed E-state index contributed by atoms with van der Waals surface area (Å²) < 4.78 is 0. The van der Waals surface area contributed by atoms with Crippen LogP contribution in [0.25, 0.3) is 0 Å². The number of nitrogens with one attached hydrogen (secondary N) is 2. The van der Waals surface area contributed by atoms with Crippen LogP contribution in [0, 0.1) is 0 Å². The van der Waals surface area contributed by atoms with Gasteiger partial charge in [0.05, 0.1) is 0 Å². The highest BCUT2D eigenvalue weighted by Gasteiger charge is 1.97. The maximum Gasteiger partial charge on any atom is 0.245 e. The average molecular weight is 175 g/mol. The predicted octanol–water partition coefficient (Wildman–Crippen LogP) is -1.87. The molecule has 2 amide bonds. The fraction of sp³-hybridized carbons (Fsp3) is 0.667. The molecule has 0 heterocycles. The minimum Gasteiger partial charge on any atom is -0.368 e. The number of carbonyl (C=O) groups excluding carboxylic acids is 2. The van der Waals surface area contributed by atoms with Gasteiger partial charge in [-0.1, -0.05) is 0 Å². The molecule has 4 N–H and O–H groups in total. The van der Waals surface area contributed by atoms with Crippen molar-refractivity contribution in [3.63, 3.8) is 0 Å². The van der Waals surface area contributed by atoms with Gasteiger partial charge in [0.25, 0.3) is 0 Å². The lowest BCUT2D eigenvalue weighted by Gasteiger charge is -2.02.